The Bertz CT molecular complexity index is 770. The largest absolute Gasteiger partial charge is 0.375 e. The third-order valence-electron chi connectivity index (χ3n) is 5.15. The number of benzene rings is 1. The number of piperidine rings is 1. The first kappa shape index (κ1) is 20.3. The van der Waals surface area contributed by atoms with E-state index in [2.05, 4.69) is 34.4 Å². The second-order valence-electron chi connectivity index (χ2n) is 7.12. The molecular weight excluding hydrogens is 374 g/mol. The molecule has 0 spiro atoms. The first-order valence-corrected chi connectivity index (χ1v) is 10.6. The summed E-state index contributed by atoms with van der Waals surface area (Å²) in [7, 11) is 2.07. The van der Waals surface area contributed by atoms with Gasteiger partial charge in [-0.25, -0.2) is 0 Å². The molecule has 0 saturated carbocycles. The number of carbonyl (C=O) groups excluding carboxylic acids is 2. The first-order valence-electron chi connectivity index (χ1n) is 9.76. The van der Waals surface area contributed by atoms with Gasteiger partial charge in [0.1, 0.15) is 5.51 Å². The van der Waals surface area contributed by atoms with Crippen LogP contribution < -0.4 is 10.2 Å². The van der Waals surface area contributed by atoms with E-state index in [0.717, 1.165) is 25.1 Å². The van der Waals surface area contributed by atoms with E-state index >= 15 is 0 Å². The number of nitrogens with zero attached hydrogens (tertiary/aromatic N) is 4. The highest BCUT2D eigenvalue weighted by Gasteiger charge is 2.28. The van der Waals surface area contributed by atoms with Gasteiger partial charge >= 0.3 is 0 Å². The van der Waals surface area contributed by atoms with E-state index in [9.17, 15) is 9.59 Å². The second-order valence-corrected chi connectivity index (χ2v) is 7.95. The molecule has 0 radical (unpaired) electrons. The molecule has 1 N–H and O–H groups in total. The number of amides is 2. The van der Waals surface area contributed by atoms with E-state index in [1.807, 2.05) is 29.2 Å². The summed E-state index contributed by atoms with van der Waals surface area (Å²) in [5.41, 5.74) is 3.41. The maximum absolute atomic E-state index is 12.8. The molecule has 2 aromatic rings. The zero-order valence-electron chi connectivity index (χ0n) is 16.4. The summed E-state index contributed by atoms with van der Waals surface area (Å²) in [4.78, 5) is 29.1. The zero-order chi connectivity index (χ0) is 19.9. The number of likely N-dealkylation sites (tertiary alicyclic amines) is 1. The van der Waals surface area contributed by atoms with Crippen LogP contribution in [0.1, 0.15) is 43.0 Å². The van der Waals surface area contributed by atoms with Crippen LogP contribution in [-0.2, 0) is 4.79 Å². The summed E-state index contributed by atoms with van der Waals surface area (Å²) in [5, 5.41) is 10.9. The molecule has 0 atom stereocenters. The van der Waals surface area contributed by atoms with Crippen molar-refractivity contribution in [2.75, 3.05) is 36.9 Å². The first-order chi connectivity index (χ1) is 13.6. The van der Waals surface area contributed by atoms with Gasteiger partial charge in [-0.1, -0.05) is 24.7 Å². The van der Waals surface area contributed by atoms with Crippen molar-refractivity contribution in [2.24, 2.45) is 5.92 Å². The van der Waals surface area contributed by atoms with Crippen LogP contribution in [0.4, 0.5) is 10.8 Å². The molecule has 0 aliphatic carbocycles. The van der Waals surface area contributed by atoms with E-state index in [1.54, 1.807) is 5.51 Å². The van der Waals surface area contributed by atoms with Gasteiger partial charge in [-0.05, 0) is 43.5 Å². The van der Waals surface area contributed by atoms with Gasteiger partial charge in [0.2, 0.25) is 11.0 Å². The molecule has 0 unspecified atom stereocenters. The van der Waals surface area contributed by atoms with Crippen molar-refractivity contribution in [3.05, 3.63) is 35.3 Å². The van der Waals surface area contributed by atoms with Gasteiger partial charge in [-0.2, -0.15) is 0 Å². The van der Waals surface area contributed by atoms with Gasteiger partial charge in [0.25, 0.3) is 5.91 Å². The Labute approximate surface area is 169 Å². The number of anilines is 2. The third-order valence-corrected chi connectivity index (χ3v) is 5.75. The number of rotatable bonds is 7. The van der Waals surface area contributed by atoms with Crippen LogP contribution in [0.15, 0.2) is 29.8 Å². The summed E-state index contributed by atoms with van der Waals surface area (Å²) in [6.45, 7) is 4.37. The SMILES string of the molecule is CCCCN(C)c1ccc(C(=O)N2CCC(C(=O)Nc3nncs3)CC2)cc1. The van der Waals surface area contributed by atoms with Crippen LogP contribution in [0.25, 0.3) is 0 Å². The topological polar surface area (TPSA) is 78.4 Å². The van der Waals surface area contributed by atoms with E-state index in [1.165, 1.54) is 11.3 Å². The number of unbranched alkanes of at least 4 members (excludes halogenated alkanes) is 1. The Kier molecular flexibility index (Phi) is 6.97. The van der Waals surface area contributed by atoms with Crippen LogP contribution in [0.2, 0.25) is 0 Å². The quantitative estimate of drug-likeness (QED) is 0.770. The molecule has 150 valence electrons. The van der Waals surface area contributed by atoms with Gasteiger partial charge in [0.05, 0.1) is 0 Å². The summed E-state index contributed by atoms with van der Waals surface area (Å²) >= 11 is 1.30. The molecule has 0 bridgehead atoms. The Hall–Kier alpha value is -2.48. The lowest BCUT2D eigenvalue weighted by molar-refractivity contribution is -0.121. The molecule has 2 amide bonds. The molecule has 3 rings (SSSR count). The van der Waals surface area contributed by atoms with Crippen molar-refractivity contribution in [1.29, 1.82) is 0 Å². The zero-order valence-corrected chi connectivity index (χ0v) is 17.2. The molecular formula is C20H27N5O2S. The Morgan fingerprint density at radius 2 is 1.96 bits per heavy atom. The molecule has 7 nitrogen and oxygen atoms in total. The van der Waals surface area contributed by atoms with Crippen LogP contribution in [0.3, 0.4) is 0 Å². The average molecular weight is 402 g/mol. The molecule has 8 heteroatoms. The van der Waals surface area contributed by atoms with E-state index < -0.39 is 0 Å². The van der Waals surface area contributed by atoms with Crippen molar-refractivity contribution >= 4 is 34.0 Å². The Morgan fingerprint density at radius 3 is 2.57 bits per heavy atom. The normalized spacial score (nSPS) is 14.7. The van der Waals surface area contributed by atoms with E-state index in [4.69, 9.17) is 0 Å². The lowest BCUT2D eigenvalue weighted by Crippen LogP contribution is -2.41. The lowest BCUT2D eigenvalue weighted by atomic mass is 9.95. The molecule has 1 aliphatic heterocycles. The van der Waals surface area contributed by atoms with Crippen LogP contribution in [-0.4, -0.2) is 53.6 Å². The van der Waals surface area contributed by atoms with Crippen molar-refractivity contribution in [1.82, 2.24) is 15.1 Å². The molecule has 1 saturated heterocycles. The van der Waals surface area contributed by atoms with Crippen molar-refractivity contribution in [3.63, 3.8) is 0 Å². The summed E-state index contributed by atoms with van der Waals surface area (Å²) < 4.78 is 0. The molecule has 1 aromatic heterocycles. The predicted molar refractivity (Wildman–Crippen MR) is 112 cm³/mol. The van der Waals surface area contributed by atoms with Crippen LogP contribution in [0, 0.1) is 5.92 Å². The number of hydrogen-bond acceptors (Lipinski definition) is 6. The predicted octanol–water partition coefficient (Wildman–Crippen LogP) is 3.27. The lowest BCUT2D eigenvalue weighted by Gasteiger charge is -2.31. The van der Waals surface area contributed by atoms with Crippen LogP contribution in [0.5, 0.6) is 0 Å². The summed E-state index contributed by atoms with van der Waals surface area (Å²) in [6, 6.07) is 7.80. The maximum atomic E-state index is 12.8. The average Bonchev–Trinajstić information content (AvgIpc) is 3.24. The molecule has 1 aliphatic rings. The van der Waals surface area contributed by atoms with E-state index in [-0.39, 0.29) is 17.7 Å². The summed E-state index contributed by atoms with van der Waals surface area (Å²) in [6.07, 6.45) is 3.64. The smallest absolute Gasteiger partial charge is 0.253 e. The summed E-state index contributed by atoms with van der Waals surface area (Å²) in [5.74, 6) is -0.100. The van der Waals surface area contributed by atoms with Crippen LogP contribution >= 0.6 is 11.3 Å². The monoisotopic (exact) mass is 401 g/mol. The minimum absolute atomic E-state index is 0.0331. The number of aromatic nitrogens is 2. The van der Waals surface area contributed by atoms with Gasteiger partial charge in [-0.3, -0.25) is 9.59 Å². The second kappa shape index (κ2) is 9.64. The van der Waals surface area contributed by atoms with Gasteiger partial charge in [0, 0.05) is 43.9 Å². The molecule has 1 aromatic carbocycles. The fraction of sp³-hybridized carbons (Fsp3) is 0.500. The van der Waals surface area contributed by atoms with Gasteiger partial charge < -0.3 is 15.1 Å². The van der Waals surface area contributed by atoms with Crippen molar-refractivity contribution in [2.45, 2.75) is 32.6 Å². The number of carbonyl (C=O) groups is 2. The molecule has 1 fully saturated rings. The van der Waals surface area contributed by atoms with E-state index in [0.29, 0.717) is 36.6 Å². The third kappa shape index (κ3) is 5.07. The standard InChI is InChI=1S/C20H27N5O2S/c1-3-4-11-24(2)17-7-5-16(6-8-17)19(27)25-12-9-15(10-13-25)18(26)22-20-23-21-14-28-20/h5-8,14-15H,3-4,9-13H2,1-2H3,(H,22,23,26). The Balaban J connectivity index is 1.51. The minimum atomic E-state index is -0.0949. The number of nitrogens with one attached hydrogen (secondary N) is 1. The highest BCUT2D eigenvalue weighted by Crippen LogP contribution is 2.22. The van der Waals surface area contributed by atoms with Gasteiger partial charge in [0.15, 0.2) is 0 Å². The van der Waals surface area contributed by atoms with Crippen molar-refractivity contribution < 1.29 is 9.59 Å². The Morgan fingerprint density at radius 1 is 1.25 bits per heavy atom. The highest BCUT2D eigenvalue weighted by molar-refractivity contribution is 7.13. The fourth-order valence-electron chi connectivity index (χ4n) is 3.35. The van der Waals surface area contributed by atoms with Gasteiger partial charge in [-0.15, -0.1) is 10.2 Å². The number of hydrogen-bond donors (Lipinski definition) is 1. The maximum Gasteiger partial charge on any atom is 0.253 e. The van der Waals surface area contributed by atoms with Crippen molar-refractivity contribution in [3.8, 4) is 0 Å². The molecule has 28 heavy (non-hydrogen) atoms. The highest BCUT2D eigenvalue weighted by atomic mass is 32.1. The fourth-order valence-corrected chi connectivity index (χ4v) is 3.79. The molecule has 2 heterocycles. The minimum Gasteiger partial charge on any atom is -0.375 e.